The molecule has 0 radical (unpaired) electrons. The van der Waals surface area contributed by atoms with Gasteiger partial charge >= 0.3 is 0 Å². The second kappa shape index (κ2) is 6.25. The Bertz CT molecular complexity index is 660. The Labute approximate surface area is 137 Å². The molecule has 2 unspecified atom stereocenters. The van der Waals surface area contributed by atoms with E-state index in [-0.39, 0.29) is 6.10 Å². The van der Waals surface area contributed by atoms with Crippen molar-refractivity contribution < 1.29 is 9.84 Å². The monoisotopic (exact) mass is 309 g/mol. The van der Waals surface area contributed by atoms with Gasteiger partial charge in [0.1, 0.15) is 17.6 Å². The zero-order valence-corrected chi connectivity index (χ0v) is 13.3. The van der Waals surface area contributed by atoms with Gasteiger partial charge in [0.15, 0.2) is 0 Å². The van der Waals surface area contributed by atoms with Gasteiger partial charge in [0, 0.05) is 19.5 Å². The van der Waals surface area contributed by atoms with Crippen molar-refractivity contribution in [1.82, 2.24) is 4.90 Å². The number of para-hydroxylation sites is 1. The van der Waals surface area contributed by atoms with Gasteiger partial charge in [-0.1, -0.05) is 30.3 Å². The van der Waals surface area contributed by atoms with Gasteiger partial charge in [0.05, 0.1) is 0 Å². The van der Waals surface area contributed by atoms with Gasteiger partial charge in [0.25, 0.3) is 0 Å². The average Bonchev–Trinajstić information content (AvgIpc) is 2.97. The fourth-order valence-electron chi connectivity index (χ4n) is 3.92. The molecule has 1 saturated heterocycles. The number of fused-ring (bicyclic) bond motifs is 1. The van der Waals surface area contributed by atoms with E-state index in [1.54, 1.807) is 6.07 Å². The first-order valence-corrected chi connectivity index (χ1v) is 8.54. The highest BCUT2D eigenvalue weighted by molar-refractivity contribution is 5.37. The zero-order chi connectivity index (χ0) is 15.6. The molecule has 2 aromatic rings. The van der Waals surface area contributed by atoms with Gasteiger partial charge < -0.3 is 9.84 Å². The maximum atomic E-state index is 9.71. The number of hydrogen-bond acceptors (Lipinski definition) is 3. The van der Waals surface area contributed by atoms with E-state index in [1.807, 2.05) is 18.2 Å². The molecule has 2 aliphatic heterocycles. The van der Waals surface area contributed by atoms with Crippen molar-refractivity contribution in [3.8, 4) is 11.5 Å². The molecule has 2 atom stereocenters. The molecule has 2 heterocycles. The Morgan fingerprint density at radius 3 is 2.91 bits per heavy atom. The quantitative estimate of drug-likeness (QED) is 0.941. The van der Waals surface area contributed by atoms with Crippen LogP contribution in [0.15, 0.2) is 48.5 Å². The lowest BCUT2D eigenvalue weighted by Crippen LogP contribution is -2.40. The average molecular weight is 309 g/mol. The Kier molecular flexibility index (Phi) is 3.96. The van der Waals surface area contributed by atoms with Crippen molar-refractivity contribution in [3.05, 3.63) is 59.7 Å². The van der Waals surface area contributed by atoms with E-state index in [0.29, 0.717) is 11.7 Å². The fourth-order valence-corrected chi connectivity index (χ4v) is 3.92. The number of aromatic hydroxyl groups is 1. The Morgan fingerprint density at radius 2 is 2.04 bits per heavy atom. The highest BCUT2D eigenvalue weighted by atomic mass is 16.5. The second-order valence-electron chi connectivity index (χ2n) is 6.75. The Balaban J connectivity index is 1.39. The predicted molar refractivity (Wildman–Crippen MR) is 91.1 cm³/mol. The lowest BCUT2D eigenvalue weighted by Gasteiger charge is -2.34. The smallest absolute Gasteiger partial charge is 0.123 e. The Morgan fingerprint density at radius 1 is 1.13 bits per heavy atom. The van der Waals surface area contributed by atoms with E-state index in [9.17, 15) is 5.11 Å². The standard InChI is InChI=1S/C20H23NO2/c22-18-8-3-6-15(11-18)17-7-4-10-21(13-17)14-19-12-16-5-1-2-9-20(16)23-19/h1-3,5-6,8-9,11,17,19,22H,4,7,10,12-14H2. The molecule has 0 aromatic heterocycles. The van der Waals surface area contributed by atoms with Gasteiger partial charge in [-0.25, -0.2) is 0 Å². The van der Waals surface area contributed by atoms with Gasteiger partial charge in [-0.15, -0.1) is 0 Å². The third-order valence-corrected chi connectivity index (χ3v) is 5.02. The number of piperidine rings is 1. The summed E-state index contributed by atoms with van der Waals surface area (Å²) >= 11 is 0. The van der Waals surface area contributed by atoms with Gasteiger partial charge in [-0.3, -0.25) is 4.90 Å². The second-order valence-corrected chi connectivity index (χ2v) is 6.75. The van der Waals surface area contributed by atoms with Crippen molar-refractivity contribution in [2.45, 2.75) is 31.3 Å². The first-order valence-electron chi connectivity index (χ1n) is 8.54. The van der Waals surface area contributed by atoms with Crippen LogP contribution in [0, 0.1) is 0 Å². The summed E-state index contributed by atoms with van der Waals surface area (Å²) in [6.07, 6.45) is 3.70. The summed E-state index contributed by atoms with van der Waals surface area (Å²) in [4.78, 5) is 2.52. The molecular weight excluding hydrogens is 286 g/mol. The SMILES string of the molecule is Oc1cccc(C2CCCN(CC3Cc4ccccc4O3)C2)c1. The minimum atomic E-state index is 0.273. The molecule has 23 heavy (non-hydrogen) atoms. The first-order chi connectivity index (χ1) is 11.3. The van der Waals surface area contributed by atoms with E-state index in [4.69, 9.17) is 4.74 Å². The van der Waals surface area contributed by atoms with E-state index in [1.165, 1.54) is 24.0 Å². The summed E-state index contributed by atoms with van der Waals surface area (Å²) < 4.78 is 6.09. The molecule has 2 aliphatic rings. The lowest BCUT2D eigenvalue weighted by atomic mass is 9.90. The molecule has 4 rings (SSSR count). The molecule has 0 amide bonds. The minimum Gasteiger partial charge on any atom is -0.508 e. The van der Waals surface area contributed by atoms with E-state index >= 15 is 0 Å². The van der Waals surface area contributed by atoms with Crippen LogP contribution in [-0.2, 0) is 6.42 Å². The largest absolute Gasteiger partial charge is 0.508 e. The summed E-state index contributed by atoms with van der Waals surface area (Å²) in [6, 6.07) is 16.1. The molecule has 1 fully saturated rings. The molecule has 1 N–H and O–H groups in total. The van der Waals surface area contributed by atoms with E-state index in [0.717, 1.165) is 31.8 Å². The summed E-state index contributed by atoms with van der Waals surface area (Å²) in [5, 5.41) is 9.71. The normalized spacial score (nSPS) is 24.2. The summed E-state index contributed by atoms with van der Waals surface area (Å²) in [5.41, 5.74) is 2.59. The molecular formula is C20H23NO2. The highest BCUT2D eigenvalue weighted by Gasteiger charge is 2.28. The predicted octanol–water partition coefficient (Wildman–Crippen LogP) is 3.58. The van der Waals surface area contributed by atoms with E-state index in [2.05, 4.69) is 29.2 Å². The maximum Gasteiger partial charge on any atom is 0.123 e. The topological polar surface area (TPSA) is 32.7 Å². The number of phenols is 1. The number of benzene rings is 2. The van der Waals surface area contributed by atoms with Crippen molar-refractivity contribution in [2.75, 3.05) is 19.6 Å². The van der Waals surface area contributed by atoms with Crippen LogP contribution in [0.3, 0.4) is 0 Å². The Hall–Kier alpha value is -2.00. The molecule has 0 saturated carbocycles. The first kappa shape index (κ1) is 14.6. The van der Waals surface area contributed by atoms with Crippen LogP contribution in [0.5, 0.6) is 11.5 Å². The van der Waals surface area contributed by atoms with Crippen molar-refractivity contribution in [3.63, 3.8) is 0 Å². The van der Waals surface area contributed by atoms with Crippen LogP contribution in [0.25, 0.3) is 0 Å². The highest BCUT2D eigenvalue weighted by Crippen LogP contribution is 2.31. The van der Waals surface area contributed by atoms with Crippen molar-refractivity contribution in [1.29, 1.82) is 0 Å². The lowest BCUT2D eigenvalue weighted by molar-refractivity contribution is 0.126. The molecule has 0 bridgehead atoms. The summed E-state index contributed by atoms with van der Waals surface area (Å²) in [7, 11) is 0. The molecule has 120 valence electrons. The molecule has 0 aliphatic carbocycles. The van der Waals surface area contributed by atoms with Crippen LogP contribution in [0.1, 0.15) is 29.9 Å². The number of likely N-dealkylation sites (tertiary alicyclic amines) is 1. The van der Waals surface area contributed by atoms with Crippen molar-refractivity contribution in [2.24, 2.45) is 0 Å². The summed E-state index contributed by atoms with van der Waals surface area (Å²) in [6.45, 7) is 3.19. The fraction of sp³-hybridized carbons (Fsp3) is 0.400. The van der Waals surface area contributed by atoms with E-state index < -0.39 is 0 Å². The van der Waals surface area contributed by atoms with Crippen LogP contribution in [0.2, 0.25) is 0 Å². The van der Waals surface area contributed by atoms with Crippen LogP contribution >= 0.6 is 0 Å². The number of ether oxygens (including phenoxy) is 1. The van der Waals surface area contributed by atoms with Gasteiger partial charge in [-0.05, 0) is 54.6 Å². The zero-order valence-electron chi connectivity index (χ0n) is 13.3. The van der Waals surface area contributed by atoms with Gasteiger partial charge in [-0.2, -0.15) is 0 Å². The van der Waals surface area contributed by atoms with Crippen molar-refractivity contribution >= 4 is 0 Å². The maximum absolute atomic E-state index is 9.71. The number of rotatable bonds is 3. The summed E-state index contributed by atoms with van der Waals surface area (Å²) in [5.74, 6) is 1.94. The van der Waals surface area contributed by atoms with Crippen LogP contribution in [-0.4, -0.2) is 35.7 Å². The third kappa shape index (κ3) is 3.20. The number of nitrogens with zero attached hydrogens (tertiary/aromatic N) is 1. The van der Waals surface area contributed by atoms with Gasteiger partial charge in [0.2, 0.25) is 0 Å². The minimum absolute atomic E-state index is 0.273. The molecule has 3 nitrogen and oxygen atoms in total. The molecule has 3 heteroatoms. The number of phenolic OH excluding ortho intramolecular Hbond substituents is 1. The van der Waals surface area contributed by atoms with Crippen LogP contribution < -0.4 is 4.74 Å². The number of hydrogen-bond donors (Lipinski definition) is 1. The molecule has 2 aromatic carbocycles. The third-order valence-electron chi connectivity index (χ3n) is 5.02. The molecule has 0 spiro atoms. The van der Waals surface area contributed by atoms with Crippen LogP contribution in [0.4, 0.5) is 0 Å².